The molecule has 1 heterocycles. The predicted molar refractivity (Wildman–Crippen MR) is 50.3 cm³/mol. The Morgan fingerprint density at radius 2 is 2.38 bits per heavy atom. The van der Waals surface area contributed by atoms with Crippen molar-refractivity contribution in [2.24, 2.45) is 0 Å². The van der Waals surface area contributed by atoms with E-state index in [0.717, 1.165) is 0 Å². The van der Waals surface area contributed by atoms with Crippen LogP contribution in [0.1, 0.15) is 5.82 Å². The minimum absolute atomic E-state index is 0.0455. The highest BCUT2D eigenvalue weighted by molar-refractivity contribution is 7.71. The molecule has 0 aliphatic rings. The lowest BCUT2D eigenvalue weighted by atomic mass is 10.5. The van der Waals surface area contributed by atoms with Gasteiger partial charge in [-0.1, -0.05) is 12.2 Å². The topological polar surface area (TPSA) is 83.8 Å². The number of anilines is 1. The first-order valence-electron chi connectivity index (χ1n) is 3.18. The number of halogens is 1. The number of H-pyrrole nitrogens is 1. The predicted octanol–water partition coefficient (Wildman–Crippen LogP) is 1.92. The molecule has 0 amide bonds. The highest BCUT2D eigenvalue weighted by Gasteiger charge is 2.17. The summed E-state index contributed by atoms with van der Waals surface area (Å²) in [6, 6.07) is 0. The molecule has 1 aromatic heterocycles. The molecule has 0 bridgehead atoms. The van der Waals surface area contributed by atoms with Crippen LogP contribution in [-0.4, -0.2) is 14.9 Å². The maximum Gasteiger partial charge on any atom is 0.346 e. The third-order valence-corrected chi connectivity index (χ3v) is 1.77. The number of nitro groups is 1. The van der Waals surface area contributed by atoms with Crippen LogP contribution in [-0.2, 0) is 0 Å². The van der Waals surface area contributed by atoms with Crippen LogP contribution in [0.2, 0.25) is 0 Å². The largest absolute Gasteiger partial charge is 0.346 e. The standard InChI is InChI=1S/C5H5ClN4O2S/c1-2-7-4(9-6)3(10(11)12)5(13)8-2/h1H3,(H2,7,8,9,13). The zero-order valence-corrected chi connectivity index (χ0v) is 8.07. The van der Waals surface area contributed by atoms with Crippen molar-refractivity contribution in [1.29, 1.82) is 0 Å². The van der Waals surface area contributed by atoms with E-state index < -0.39 is 4.92 Å². The zero-order chi connectivity index (χ0) is 10.0. The second-order valence-electron chi connectivity index (χ2n) is 2.20. The molecule has 8 heteroatoms. The highest BCUT2D eigenvalue weighted by Crippen LogP contribution is 2.22. The summed E-state index contributed by atoms with van der Waals surface area (Å²) in [6.07, 6.45) is 0. The fourth-order valence-electron chi connectivity index (χ4n) is 0.818. The van der Waals surface area contributed by atoms with Gasteiger partial charge in [-0.2, -0.15) is 0 Å². The Balaban J connectivity index is 3.48. The van der Waals surface area contributed by atoms with E-state index in [2.05, 4.69) is 14.8 Å². The van der Waals surface area contributed by atoms with E-state index in [1.54, 1.807) is 6.92 Å². The maximum atomic E-state index is 10.5. The molecular weight excluding hydrogens is 216 g/mol. The summed E-state index contributed by atoms with van der Waals surface area (Å²) in [5.41, 5.74) is -0.324. The Hall–Kier alpha value is -1.21. The van der Waals surface area contributed by atoms with Gasteiger partial charge < -0.3 is 4.98 Å². The van der Waals surface area contributed by atoms with E-state index in [1.807, 2.05) is 0 Å². The molecule has 6 nitrogen and oxygen atoms in total. The molecule has 0 fully saturated rings. The molecule has 0 aliphatic carbocycles. The minimum Gasteiger partial charge on any atom is -0.324 e. The highest BCUT2D eigenvalue weighted by atomic mass is 35.5. The first kappa shape index (κ1) is 9.87. The van der Waals surface area contributed by atoms with Crippen molar-refractivity contribution >= 4 is 35.5 Å². The van der Waals surface area contributed by atoms with E-state index >= 15 is 0 Å². The minimum atomic E-state index is -0.643. The summed E-state index contributed by atoms with van der Waals surface area (Å²) in [6.45, 7) is 1.62. The van der Waals surface area contributed by atoms with Gasteiger partial charge in [0, 0.05) is 11.8 Å². The lowest BCUT2D eigenvalue weighted by Gasteiger charge is -2.00. The van der Waals surface area contributed by atoms with Gasteiger partial charge in [0.05, 0.1) is 4.92 Å². The number of aryl methyl sites for hydroxylation is 1. The monoisotopic (exact) mass is 220 g/mol. The summed E-state index contributed by atoms with van der Waals surface area (Å²) in [4.78, 5) is 18.3. The van der Waals surface area contributed by atoms with Gasteiger partial charge in [0.15, 0.2) is 0 Å². The lowest BCUT2D eigenvalue weighted by molar-refractivity contribution is -0.385. The molecule has 0 spiro atoms. The Morgan fingerprint density at radius 1 is 1.77 bits per heavy atom. The molecule has 0 saturated carbocycles. The lowest BCUT2D eigenvalue weighted by Crippen LogP contribution is -2.00. The van der Waals surface area contributed by atoms with Crippen LogP contribution in [0.5, 0.6) is 0 Å². The summed E-state index contributed by atoms with van der Waals surface area (Å²) < 4.78 is -0.0931. The van der Waals surface area contributed by atoms with E-state index in [-0.39, 0.29) is 16.1 Å². The zero-order valence-electron chi connectivity index (χ0n) is 6.50. The Morgan fingerprint density at radius 3 is 2.85 bits per heavy atom. The van der Waals surface area contributed by atoms with Crippen molar-refractivity contribution in [3.63, 3.8) is 0 Å². The van der Waals surface area contributed by atoms with E-state index in [9.17, 15) is 10.1 Å². The first-order valence-corrected chi connectivity index (χ1v) is 3.97. The number of nitrogens with zero attached hydrogens (tertiary/aromatic N) is 2. The molecule has 0 aromatic carbocycles. The smallest absolute Gasteiger partial charge is 0.324 e. The fraction of sp³-hybridized carbons (Fsp3) is 0.200. The van der Waals surface area contributed by atoms with Crippen molar-refractivity contribution in [2.75, 3.05) is 4.84 Å². The van der Waals surface area contributed by atoms with Crippen LogP contribution in [0.3, 0.4) is 0 Å². The molecule has 1 aromatic rings. The molecule has 0 saturated heterocycles. The summed E-state index contributed by atoms with van der Waals surface area (Å²) in [7, 11) is 0. The van der Waals surface area contributed by atoms with Crippen LogP contribution in [0.15, 0.2) is 0 Å². The average molecular weight is 221 g/mol. The normalized spacial score (nSPS) is 9.69. The number of nitrogens with one attached hydrogen (secondary N) is 2. The molecular formula is C5H5ClN4O2S. The molecule has 13 heavy (non-hydrogen) atoms. The average Bonchev–Trinajstić information content (AvgIpc) is 2.01. The van der Waals surface area contributed by atoms with Crippen molar-refractivity contribution in [3.05, 3.63) is 20.6 Å². The second-order valence-corrected chi connectivity index (χ2v) is 2.78. The van der Waals surface area contributed by atoms with Gasteiger partial charge in [-0.15, -0.1) is 0 Å². The summed E-state index contributed by atoms with van der Waals surface area (Å²) >= 11 is 9.96. The van der Waals surface area contributed by atoms with Crippen LogP contribution in [0, 0.1) is 21.7 Å². The number of hydrogen-bond acceptors (Lipinski definition) is 5. The summed E-state index contributed by atoms with van der Waals surface area (Å²) in [5, 5.41) is 10.5. The van der Waals surface area contributed by atoms with Gasteiger partial charge in [-0.25, -0.2) is 4.98 Å². The molecule has 0 atom stereocenters. The maximum absolute atomic E-state index is 10.5. The molecule has 1 rings (SSSR count). The molecule has 2 N–H and O–H groups in total. The van der Waals surface area contributed by atoms with Crippen molar-refractivity contribution in [2.45, 2.75) is 6.92 Å². The molecule has 70 valence electrons. The van der Waals surface area contributed by atoms with Gasteiger partial charge in [0.25, 0.3) is 0 Å². The Bertz CT molecular complexity index is 404. The SMILES string of the molecule is Cc1nc(=S)c([N+](=O)[O-])c(NCl)[nH]1. The fourth-order valence-corrected chi connectivity index (χ4v) is 1.27. The van der Waals surface area contributed by atoms with Gasteiger partial charge in [0.1, 0.15) is 5.82 Å². The van der Waals surface area contributed by atoms with Crippen LogP contribution < -0.4 is 4.84 Å². The van der Waals surface area contributed by atoms with Gasteiger partial charge in [-0.3, -0.25) is 15.0 Å². The number of hydrogen-bond donors (Lipinski definition) is 2. The van der Waals surface area contributed by atoms with Crippen molar-refractivity contribution < 1.29 is 4.92 Å². The number of aromatic nitrogens is 2. The molecule has 0 aliphatic heterocycles. The Labute approximate surface area is 83.2 Å². The third-order valence-electron chi connectivity index (χ3n) is 1.29. The second kappa shape index (κ2) is 3.67. The van der Waals surface area contributed by atoms with Crippen molar-refractivity contribution in [1.82, 2.24) is 9.97 Å². The number of rotatable bonds is 2. The first-order chi connectivity index (χ1) is 6.06. The Kier molecular flexibility index (Phi) is 2.79. The number of aromatic amines is 1. The summed E-state index contributed by atoms with van der Waals surface area (Å²) in [5.74, 6) is 0.503. The van der Waals surface area contributed by atoms with Gasteiger partial charge >= 0.3 is 5.69 Å². The van der Waals surface area contributed by atoms with E-state index in [0.29, 0.717) is 5.82 Å². The third kappa shape index (κ3) is 1.93. The van der Waals surface area contributed by atoms with Gasteiger partial charge in [-0.05, 0) is 6.92 Å². The van der Waals surface area contributed by atoms with E-state index in [4.69, 9.17) is 24.0 Å². The molecule has 0 radical (unpaired) electrons. The van der Waals surface area contributed by atoms with E-state index in [1.165, 1.54) is 0 Å². The van der Waals surface area contributed by atoms with Crippen molar-refractivity contribution in [3.8, 4) is 0 Å². The quantitative estimate of drug-likeness (QED) is 0.344. The van der Waals surface area contributed by atoms with Crippen LogP contribution in [0.25, 0.3) is 0 Å². The van der Waals surface area contributed by atoms with Crippen LogP contribution >= 0.6 is 24.0 Å². The molecule has 0 unspecified atom stereocenters. The van der Waals surface area contributed by atoms with Crippen LogP contribution in [0.4, 0.5) is 11.5 Å². The van der Waals surface area contributed by atoms with Gasteiger partial charge in [0.2, 0.25) is 10.5 Å².